The van der Waals surface area contributed by atoms with E-state index in [9.17, 15) is 4.39 Å². The Morgan fingerprint density at radius 1 is 1.35 bits per heavy atom. The van der Waals surface area contributed by atoms with Crippen LogP contribution in [0.25, 0.3) is 0 Å². The van der Waals surface area contributed by atoms with Gasteiger partial charge in [-0.05, 0) is 32.3 Å². The number of rotatable bonds is 6. The Morgan fingerprint density at radius 3 is 2.41 bits per heavy atom. The van der Waals surface area contributed by atoms with Gasteiger partial charge in [0.1, 0.15) is 5.41 Å². The monoisotopic (exact) mass is 255 g/mol. The Labute approximate surface area is 106 Å². The lowest BCUT2D eigenvalue weighted by molar-refractivity contribution is 0.250. The number of hydrogen-bond donors (Lipinski definition) is 1. The molecule has 1 rings (SSSR count). The van der Waals surface area contributed by atoms with Crippen LogP contribution in [-0.2, 0) is 0 Å². The van der Waals surface area contributed by atoms with Crippen LogP contribution in [-0.4, -0.2) is 11.5 Å². The van der Waals surface area contributed by atoms with Gasteiger partial charge in [-0.25, -0.2) is 4.39 Å². The van der Waals surface area contributed by atoms with E-state index in [4.69, 9.17) is 0 Å². The summed E-state index contributed by atoms with van der Waals surface area (Å²) >= 11 is 0. The van der Waals surface area contributed by atoms with Gasteiger partial charge in [0.15, 0.2) is 0 Å². The molecule has 1 aromatic carbocycles. The first-order chi connectivity index (χ1) is 7.92. The molecule has 0 aliphatic rings. The van der Waals surface area contributed by atoms with Crippen molar-refractivity contribution in [2.75, 3.05) is 0 Å². The molecule has 0 bridgehead atoms. The Kier molecular flexibility index (Phi) is 5.55. The molecular weight excluding hydrogens is 232 g/mol. The fourth-order valence-electron chi connectivity index (χ4n) is 1.99. The van der Waals surface area contributed by atoms with E-state index in [2.05, 4.69) is 40.5 Å². The molecule has 0 radical (unpaired) electrons. The van der Waals surface area contributed by atoms with Gasteiger partial charge in [0.2, 0.25) is 0 Å². The molecule has 0 aliphatic carbocycles. The molecule has 0 amide bonds. The van der Waals surface area contributed by atoms with E-state index in [-0.39, 0.29) is 12.1 Å². The van der Waals surface area contributed by atoms with Crippen LogP contribution < -0.4 is 5.32 Å². The first-order valence-electron chi connectivity index (χ1n) is 6.21. The minimum atomic E-state index is -1.19. The van der Waals surface area contributed by atoms with E-state index in [0.717, 1.165) is 6.42 Å². The fraction of sp³-hybridized carbons (Fsp3) is 0.571. The molecule has 1 N–H and O–H groups in total. The molecule has 0 heterocycles. The largest absolute Gasteiger partial charge is 0.307 e. The fourth-order valence-corrected chi connectivity index (χ4v) is 2.28. The molecule has 3 heteroatoms. The van der Waals surface area contributed by atoms with Crippen molar-refractivity contribution in [3.8, 4) is 0 Å². The van der Waals surface area contributed by atoms with Gasteiger partial charge >= 0.3 is 0 Å². The second kappa shape index (κ2) is 6.47. The molecule has 0 aromatic heterocycles. The molecule has 4 atom stereocenters. The summed E-state index contributed by atoms with van der Waals surface area (Å²) in [6.45, 7) is 5.82. The highest BCUT2D eigenvalue weighted by Gasteiger charge is 2.22. The SMILES string of the molecule is CCC(CC(C)(F)P)NC(C)c1ccccc1. The Bertz CT molecular complexity index is 321. The molecule has 0 saturated carbocycles. The average Bonchev–Trinajstić information content (AvgIpc) is 2.27. The minimum absolute atomic E-state index is 0.206. The summed E-state index contributed by atoms with van der Waals surface area (Å²) in [6, 6.07) is 10.7. The van der Waals surface area contributed by atoms with Crippen LogP contribution >= 0.6 is 9.24 Å². The molecule has 0 saturated heterocycles. The van der Waals surface area contributed by atoms with Gasteiger partial charge in [-0.1, -0.05) is 46.5 Å². The van der Waals surface area contributed by atoms with Crippen molar-refractivity contribution in [2.24, 2.45) is 0 Å². The molecule has 0 fully saturated rings. The Hall–Kier alpha value is -0.460. The highest BCUT2D eigenvalue weighted by Crippen LogP contribution is 2.27. The van der Waals surface area contributed by atoms with E-state index in [1.54, 1.807) is 6.92 Å². The third-order valence-electron chi connectivity index (χ3n) is 2.92. The van der Waals surface area contributed by atoms with Gasteiger partial charge in [-0.15, -0.1) is 0 Å². The second-order valence-electron chi connectivity index (χ2n) is 4.89. The summed E-state index contributed by atoms with van der Waals surface area (Å²) in [6.07, 6.45) is 1.45. The maximum atomic E-state index is 13.6. The summed E-state index contributed by atoms with van der Waals surface area (Å²) in [4.78, 5) is 0. The van der Waals surface area contributed by atoms with Crippen LogP contribution in [0.4, 0.5) is 4.39 Å². The molecule has 4 unspecified atom stereocenters. The van der Waals surface area contributed by atoms with E-state index >= 15 is 0 Å². The Balaban J connectivity index is 2.57. The van der Waals surface area contributed by atoms with Crippen molar-refractivity contribution in [1.82, 2.24) is 5.32 Å². The number of alkyl halides is 1. The van der Waals surface area contributed by atoms with Crippen LogP contribution in [0.2, 0.25) is 0 Å². The number of hydrogen-bond acceptors (Lipinski definition) is 1. The van der Waals surface area contributed by atoms with Crippen molar-refractivity contribution in [3.05, 3.63) is 35.9 Å². The van der Waals surface area contributed by atoms with Gasteiger partial charge in [0.25, 0.3) is 0 Å². The quantitative estimate of drug-likeness (QED) is 0.756. The lowest BCUT2D eigenvalue weighted by Gasteiger charge is -2.26. The maximum absolute atomic E-state index is 13.6. The summed E-state index contributed by atoms with van der Waals surface area (Å²) < 4.78 is 13.6. The van der Waals surface area contributed by atoms with E-state index < -0.39 is 5.41 Å². The summed E-state index contributed by atoms with van der Waals surface area (Å²) in [7, 11) is 2.27. The zero-order chi connectivity index (χ0) is 12.9. The van der Waals surface area contributed by atoms with Gasteiger partial charge < -0.3 is 5.32 Å². The lowest BCUT2D eigenvalue weighted by atomic mass is 10.0. The highest BCUT2D eigenvalue weighted by molar-refractivity contribution is 7.18. The molecule has 96 valence electrons. The minimum Gasteiger partial charge on any atom is -0.307 e. The number of nitrogens with one attached hydrogen (secondary N) is 1. The van der Waals surface area contributed by atoms with Crippen LogP contribution in [0.3, 0.4) is 0 Å². The normalized spacial score (nSPS) is 18.4. The summed E-state index contributed by atoms with van der Waals surface area (Å²) in [5.74, 6) is 0. The first kappa shape index (κ1) is 14.6. The van der Waals surface area contributed by atoms with Crippen molar-refractivity contribution in [1.29, 1.82) is 0 Å². The lowest BCUT2D eigenvalue weighted by Crippen LogP contribution is -2.34. The molecule has 1 aromatic rings. The standard InChI is InChI=1S/C14H23FNP/c1-4-13(10-14(3,15)17)16-11(2)12-8-6-5-7-9-12/h5-9,11,13,16H,4,10,17H2,1-3H3. The van der Waals surface area contributed by atoms with Crippen molar-refractivity contribution in [2.45, 2.75) is 51.1 Å². The maximum Gasteiger partial charge on any atom is 0.122 e. The van der Waals surface area contributed by atoms with Crippen molar-refractivity contribution >= 4 is 9.24 Å². The van der Waals surface area contributed by atoms with Crippen molar-refractivity contribution in [3.63, 3.8) is 0 Å². The highest BCUT2D eigenvalue weighted by atomic mass is 31.0. The van der Waals surface area contributed by atoms with Crippen LogP contribution in [0.1, 0.15) is 45.2 Å². The van der Waals surface area contributed by atoms with E-state index in [1.807, 2.05) is 18.2 Å². The molecule has 0 spiro atoms. The van der Waals surface area contributed by atoms with Gasteiger partial charge in [-0.2, -0.15) is 0 Å². The van der Waals surface area contributed by atoms with Gasteiger partial charge in [-0.3, -0.25) is 0 Å². The average molecular weight is 255 g/mol. The topological polar surface area (TPSA) is 12.0 Å². The zero-order valence-corrected chi connectivity index (χ0v) is 12.1. The van der Waals surface area contributed by atoms with E-state index in [0.29, 0.717) is 6.42 Å². The predicted molar refractivity (Wildman–Crippen MR) is 75.9 cm³/mol. The zero-order valence-electron chi connectivity index (χ0n) is 10.9. The first-order valence-corrected chi connectivity index (χ1v) is 6.79. The number of halogens is 1. The Morgan fingerprint density at radius 2 is 1.94 bits per heavy atom. The molecule has 0 aliphatic heterocycles. The second-order valence-corrected chi connectivity index (χ2v) is 6.09. The summed E-state index contributed by atoms with van der Waals surface area (Å²) in [5, 5.41) is 2.30. The van der Waals surface area contributed by atoms with Crippen LogP contribution in [0, 0.1) is 0 Å². The molecular formula is C14H23FNP. The smallest absolute Gasteiger partial charge is 0.122 e. The predicted octanol–water partition coefficient (Wildman–Crippen LogP) is 4.07. The van der Waals surface area contributed by atoms with E-state index in [1.165, 1.54) is 5.56 Å². The van der Waals surface area contributed by atoms with Crippen LogP contribution in [0.15, 0.2) is 30.3 Å². The number of benzene rings is 1. The molecule has 17 heavy (non-hydrogen) atoms. The molecule has 1 nitrogen and oxygen atoms in total. The summed E-state index contributed by atoms with van der Waals surface area (Å²) in [5.41, 5.74) is 1.25. The van der Waals surface area contributed by atoms with Crippen LogP contribution in [0.5, 0.6) is 0 Å². The third-order valence-corrected chi connectivity index (χ3v) is 3.16. The third kappa shape index (κ3) is 5.61. The van der Waals surface area contributed by atoms with Gasteiger partial charge in [0.05, 0.1) is 0 Å². The van der Waals surface area contributed by atoms with Gasteiger partial charge in [0, 0.05) is 12.1 Å². The van der Waals surface area contributed by atoms with Crippen molar-refractivity contribution < 1.29 is 4.39 Å².